The Balaban J connectivity index is 2.34. The van der Waals surface area contributed by atoms with Gasteiger partial charge in [-0.15, -0.1) is 0 Å². The molecule has 1 N–H and O–H groups in total. The summed E-state index contributed by atoms with van der Waals surface area (Å²) in [4.78, 5) is 34.0. The van der Waals surface area contributed by atoms with E-state index in [-0.39, 0.29) is 43.2 Å². The number of benzene rings is 2. The standard InChI is InChI=1S/C19H21N3O8/c1-29-17-9-14(16(22(27)28)10-18(17)30-2)12-20(8-7-19(23)24)11-13-3-5-15(6-4-13)21(25)26/h3-6,9-10H,7-8,11-12H2,1-2H3,(H,23,24). The Bertz CT molecular complexity index is 930. The molecule has 0 aromatic heterocycles. The van der Waals surface area contributed by atoms with Gasteiger partial charge in [0.15, 0.2) is 11.5 Å². The largest absolute Gasteiger partial charge is 0.493 e. The summed E-state index contributed by atoms with van der Waals surface area (Å²) < 4.78 is 10.3. The molecule has 0 aliphatic rings. The third kappa shape index (κ3) is 5.88. The van der Waals surface area contributed by atoms with Gasteiger partial charge in [-0.3, -0.25) is 29.9 Å². The molecule has 0 fully saturated rings. The monoisotopic (exact) mass is 419 g/mol. The van der Waals surface area contributed by atoms with Gasteiger partial charge < -0.3 is 14.6 Å². The summed E-state index contributed by atoms with van der Waals surface area (Å²) in [6.07, 6.45) is -0.173. The van der Waals surface area contributed by atoms with Crippen LogP contribution in [0.25, 0.3) is 0 Å². The minimum absolute atomic E-state index is 0.0636. The Morgan fingerprint density at radius 3 is 2.10 bits per heavy atom. The molecule has 0 heterocycles. The van der Waals surface area contributed by atoms with E-state index in [9.17, 15) is 25.0 Å². The molecule has 0 atom stereocenters. The highest BCUT2D eigenvalue weighted by atomic mass is 16.6. The fourth-order valence-electron chi connectivity index (χ4n) is 2.90. The number of methoxy groups -OCH3 is 2. The van der Waals surface area contributed by atoms with Gasteiger partial charge in [-0.1, -0.05) is 12.1 Å². The molecule has 0 saturated heterocycles. The van der Waals surface area contributed by atoms with E-state index in [1.807, 2.05) is 0 Å². The number of rotatable bonds is 11. The van der Waals surface area contributed by atoms with Crippen LogP contribution in [0.5, 0.6) is 11.5 Å². The van der Waals surface area contributed by atoms with Gasteiger partial charge in [0.2, 0.25) is 0 Å². The molecule has 0 radical (unpaired) electrons. The van der Waals surface area contributed by atoms with Crippen molar-refractivity contribution in [2.45, 2.75) is 19.5 Å². The van der Waals surface area contributed by atoms with Crippen molar-refractivity contribution in [3.05, 3.63) is 67.8 Å². The predicted octanol–water partition coefficient (Wildman–Crippen LogP) is 3.00. The molecule has 0 unspecified atom stereocenters. The number of ether oxygens (including phenoxy) is 2. The molecule has 0 aliphatic carbocycles. The van der Waals surface area contributed by atoms with Crippen molar-refractivity contribution < 1.29 is 29.2 Å². The topological polar surface area (TPSA) is 145 Å². The van der Waals surface area contributed by atoms with Gasteiger partial charge in [0.05, 0.1) is 36.6 Å². The Hall–Kier alpha value is -3.73. The van der Waals surface area contributed by atoms with E-state index >= 15 is 0 Å². The van der Waals surface area contributed by atoms with Crippen LogP contribution in [0, 0.1) is 20.2 Å². The van der Waals surface area contributed by atoms with Crippen molar-refractivity contribution in [3.8, 4) is 11.5 Å². The first kappa shape index (κ1) is 22.6. The van der Waals surface area contributed by atoms with Crippen LogP contribution in [-0.4, -0.2) is 46.6 Å². The lowest BCUT2D eigenvalue weighted by Gasteiger charge is -2.22. The zero-order chi connectivity index (χ0) is 22.3. The number of carboxylic acids is 1. The summed E-state index contributed by atoms with van der Waals surface area (Å²) >= 11 is 0. The zero-order valence-electron chi connectivity index (χ0n) is 16.4. The van der Waals surface area contributed by atoms with Gasteiger partial charge >= 0.3 is 5.97 Å². The summed E-state index contributed by atoms with van der Waals surface area (Å²) in [5, 5.41) is 31.4. The minimum atomic E-state index is -1.01. The molecular weight excluding hydrogens is 398 g/mol. The second-order valence-electron chi connectivity index (χ2n) is 6.37. The first-order chi connectivity index (χ1) is 14.2. The molecule has 0 spiro atoms. The van der Waals surface area contributed by atoms with E-state index in [1.165, 1.54) is 38.5 Å². The van der Waals surface area contributed by atoms with Crippen molar-refractivity contribution in [2.75, 3.05) is 20.8 Å². The summed E-state index contributed by atoms with van der Waals surface area (Å²) in [7, 11) is 2.78. The average molecular weight is 419 g/mol. The number of carbonyl (C=O) groups is 1. The van der Waals surface area contributed by atoms with Gasteiger partial charge in [0, 0.05) is 37.3 Å². The third-order valence-corrected chi connectivity index (χ3v) is 4.37. The molecule has 11 heteroatoms. The highest BCUT2D eigenvalue weighted by molar-refractivity contribution is 5.66. The second kappa shape index (κ2) is 10.2. The van der Waals surface area contributed by atoms with Crippen LogP contribution in [0.15, 0.2) is 36.4 Å². The van der Waals surface area contributed by atoms with Crippen LogP contribution in [-0.2, 0) is 17.9 Å². The van der Waals surface area contributed by atoms with E-state index in [2.05, 4.69) is 0 Å². The Kier molecular flexibility index (Phi) is 7.64. The van der Waals surface area contributed by atoms with Gasteiger partial charge in [0.1, 0.15) is 0 Å². The summed E-state index contributed by atoms with van der Waals surface area (Å²) in [6.45, 7) is 0.440. The van der Waals surface area contributed by atoms with Crippen molar-refractivity contribution in [1.82, 2.24) is 4.90 Å². The molecule has 0 amide bonds. The molecule has 11 nitrogen and oxygen atoms in total. The van der Waals surface area contributed by atoms with Crippen LogP contribution in [0.3, 0.4) is 0 Å². The number of hydrogen-bond acceptors (Lipinski definition) is 8. The van der Waals surface area contributed by atoms with Crippen LogP contribution in [0.4, 0.5) is 11.4 Å². The zero-order valence-corrected chi connectivity index (χ0v) is 16.4. The highest BCUT2D eigenvalue weighted by Crippen LogP contribution is 2.35. The number of nitrogens with zero attached hydrogens (tertiary/aromatic N) is 3. The van der Waals surface area contributed by atoms with E-state index in [0.717, 1.165) is 0 Å². The van der Waals surface area contributed by atoms with E-state index < -0.39 is 15.8 Å². The highest BCUT2D eigenvalue weighted by Gasteiger charge is 2.22. The Morgan fingerprint density at radius 1 is 1.00 bits per heavy atom. The van der Waals surface area contributed by atoms with Crippen molar-refractivity contribution in [1.29, 1.82) is 0 Å². The smallest absolute Gasteiger partial charge is 0.304 e. The molecular formula is C19H21N3O8. The van der Waals surface area contributed by atoms with Gasteiger partial charge in [-0.25, -0.2) is 0 Å². The van der Waals surface area contributed by atoms with Gasteiger partial charge in [-0.2, -0.15) is 0 Å². The fraction of sp³-hybridized carbons (Fsp3) is 0.316. The van der Waals surface area contributed by atoms with Gasteiger partial charge in [-0.05, 0) is 11.6 Å². The Labute approximate surface area is 171 Å². The molecule has 0 bridgehead atoms. The van der Waals surface area contributed by atoms with E-state index in [0.29, 0.717) is 16.9 Å². The lowest BCUT2D eigenvalue weighted by molar-refractivity contribution is -0.385. The first-order valence-corrected chi connectivity index (χ1v) is 8.82. The number of nitro groups is 2. The quantitative estimate of drug-likeness (QED) is 0.429. The minimum Gasteiger partial charge on any atom is -0.493 e. The number of carboxylic acid groups (broad SMARTS) is 1. The molecule has 30 heavy (non-hydrogen) atoms. The lowest BCUT2D eigenvalue weighted by Crippen LogP contribution is -2.26. The second-order valence-corrected chi connectivity index (χ2v) is 6.37. The maximum absolute atomic E-state index is 11.5. The Morgan fingerprint density at radius 2 is 1.60 bits per heavy atom. The molecule has 0 saturated carbocycles. The van der Waals surface area contributed by atoms with Crippen LogP contribution < -0.4 is 9.47 Å². The predicted molar refractivity (Wildman–Crippen MR) is 106 cm³/mol. The number of hydrogen-bond donors (Lipinski definition) is 1. The third-order valence-electron chi connectivity index (χ3n) is 4.37. The van der Waals surface area contributed by atoms with Crippen LogP contribution >= 0.6 is 0 Å². The van der Waals surface area contributed by atoms with E-state index in [1.54, 1.807) is 17.0 Å². The van der Waals surface area contributed by atoms with E-state index in [4.69, 9.17) is 14.6 Å². The van der Waals surface area contributed by atoms with Crippen LogP contribution in [0.1, 0.15) is 17.5 Å². The van der Waals surface area contributed by atoms with Crippen molar-refractivity contribution in [3.63, 3.8) is 0 Å². The normalized spacial score (nSPS) is 10.6. The maximum Gasteiger partial charge on any atom is 0.304 e. The molecule has 2 rings (SSSR count). The fourth-order valence-corrected chi connectivity index (χ4v) is 2.90. The number of nitro benzene ring substituents is 2. The van der Waals surface area contributed by atoms with Gasteiger partial charge in [0.25, 0.3) is 11.4 Å². The summed E-state index contributed by atoms with van der Waals surface area (Å²) in [5.74, 6) is -0.488. The molecule has 160 valence electrons. The first-order valence-electron chi connectivity index (χ1n) is 8.82. The molecule has 2 aromatic carbocycles. The average Bonchev–Trinajstić information content (AvgIpc) is 2.71. The molecule has 2 aromatic rings. The SMILES string of the molecule is COc1cc(CN(CCC(=O)O)Cc2ccc([N+](=O)[O-])cc2)c([N+](=O)[O-])cc1OC. The van der Waals surface area contributed by atoms with Crippen LogP contribution in [0.2, 0.25) is 0 Å². The molecule has 0 aliphatic heterocycles. The lowest BCUT2D eigenvalue weighted by atomic mass is 10.1. The maximum atomic E-state index is 11.5. The summed E-state index contributed by atoms with van der Waals surface area (Å²) in [5.41, 5.74) is 0.780. The summed E-state index contributed by atoms with van der Waals surface area (Å²) in [6, 6.07) is 8.58. The number of aliphatic carboxylic acids is 1. The van der Waals surface area contributed by atoms with Crippen molar-refractivity contribution in [2.24, 2.45) is 0 Å². The van der Waals surface area contributed by atoms with Crippen molar-refractivity contribution >= 4 is 17.3 Å². The number of non-ortho nitro benzene ring substituents is 1.